The van der Waals surface area contributed by atoms with Crippen molar-refractivity contribution in [2.24, 2.45) is 0 Å². The lowest BCUT2D eigenvalue weighted by Crippen LogP contribution is -1.56. The highest BCUT2D eigenvalue weighted by Crippen LogP contribution is 1.81. The van der Waals surface area contributed by atoms with E-state index in [0.29, 0.717) is 0 Å². The predicted molar refractivity (Wildman–Crippen MR) is 43.8 cm³/mol. The van der Waals surface area contributed by atoms with Crippen LogP contribution in [0.2, 0.25) is 0 Å². The van der Waals surface area contributed by atoms with Crippen LogP contribution >= 0.6 is 0 Å². The van der Waals surface area contributed by atoms with Crippen molar-refractivity contribution in [1.29, 1.82) is 0 Å². The molecule has 0 atom stereocenters. The molecule has 0 aromatic carbocycles. The molecule has 0 bridgehead atoms. The molecule has 0 saturated carbocycles. The Bertz CT molecular complexity index is 152. The summed E-state index contributed by atoms with van der Waals surface area (Å²) in [4.78, 5) is 9.76. The summed E-state index contributed by atoms with van der Waals surface area (Å²) in [6.07, 6.45) is 12.7. The van der Waals surface area contributed by atoms with E-state index in [0.717, 1.165) is 12.7 Å². The molecule has 0 fully saturated rings. The van der Waals surface area contributed by atoms with Crippen LogP contribution in [0.25, 0.3) is 0 Å². The lowest BCUT2D eigenvalue weighted by atomic mass is 10.4. The molecule has 0 aromatic rings. The molecule has 0 rings (SSSR count). The van der Waals surface area contributed by atoms with Crippen LogP contribution in [-0.4, -0.2) is 6.29 Å². The van der Waals surface area contributed by atoms with Gasteiger partial charge in [0.05, 0.1) is 0 Å². The Morgan fingerprint density at radius 3 is 2.20 bits per heavy atom. The van der Waals surface area contributed by atoms with Crippen molar-refractivity contribution < 1.29 is 4.79 Å². The molecule has 0 N–H and O–H groups in total. The lowest BCUT2D eigenvalue weighted by Gasteiger charge is -1.72. The summed E-state index contributed by atoms with van der Waals surface area (Å²) >= 11 is 0. The molecule has 1 heteroatoms. The van der Waals surface area contributed by atoms with Gasteiger partial charge in [-0.1, -0.05) is 37.3 Å². The fourth-order valence-electron chi connectivity index (χ4n) is 0.452. The van der Waals surface area contributed by atoms with E-state index in [1.165, 1.54) is 6.08 Å². The van der Waals surface area contributed by atoms with E-state index in [-0.39, 0.29) is 0 Å². The SMILES string of the molecule is CC/C=C/C=C/C=CC=O. The summed E-state index contributed by atoms with van der Waals surface area (Å²) in [6, 6.07) is 0. The van der Waals surface area contributed by atoms with Gasteiger partial charge >= 0.3 is 0 Å². The summed E-state index contributed by atoms with van der Waals surface area (Å²) in [6.45, 7) is 2.08. The van der Waals surface area contributed by atoms with Crippen molar-refractivity contribution in [3.05, 3.63) is 36.5 Å². The van der Waals surface area contributed by atoms with Gasteiger partial charge in [0.2, 0.25) is 0 Å². The van der Waals surface area contributed by atoms with E-state index in [2.05, 4.69) is 6.92 Å². The quantitative estimate of drug-likeness (QED) is 0.329. The van der Waals surface area contributed by atoms with Crippen LogP contribution in [0, 0.1) is 0 Å². The van der Waals surface area contributed by atoms with E-state index in [1.807, 2.05) is 24.3 Å². The molecule has 0 amide bonds. The Morgan fingerprint density at radius 1 is 1.00 bits per heavy atom. The normalized spacial score (nSPS) is 12.1. The first kappa shape index (κ1) is 8.89. The topological polar surface area (TPSA) is 17.1 Å². The zero-order valence-electron chi connectivity index (χ0n) is 6.16. The third kappa shape index (κ3) is 6.89. The average molecular weight is 136 g/mol. The molecular weight excluding hydrogens is 124 g/mol. The molecule has 1 nitrogen and oxygen atoms in total. The van der Waals surface area contributed by atoms with Crippen molar-refractivity contribution in [1.82, 2.24) is 0 Å². The molecule has 10 heavy (non-hydrogen) atoms. The molecule has 0 aliphatic carbocycles. The van der Waals surface area contributed by atoms with Gasteiger partial charge in [0.25, 0.3) is 0 Å². The highest BCUT2D eigenvalue weighted by Gasteiger charge is 1.62. The van der Waals surface area contributed by atoms with Crippen LogP contribution in [0.5, 0.6) is 0 Å². The second kappa shape index (κ2) is 7.89. The lowest BCUT2D eigenvalue weighted by molar-refractivity contribution is -0.104. The average Bonchev–Trinajstić information content (AvgIpc) is 1.97. The van der Waals surface area contributed by atoms with Gasteiger partial charge in [0.1, 0.15) is 6.29 Å². The van der Waals surface area contributed by atoms with Gasteiger partial charge in [0.15, 0.2) is 0 Å². The van der Waals surface area contributed by atoms with E-state index in [9.17, 15) is 4.79 Å². The van der Waals surface area contributed by atoms with E-state index in [4.69, 9.17) is 0 Å². The number of hydrogen-bond acceptors (Lipinski definition) is 1. The van der Waals surface area contributed by atoms with Gasteiger partial charge in [0, 0.05) is 0 Å². The van der Waals surface area contributed by atoms with Crippen LogP contribution in [0.15, 0.2) is 36.5 Å². The largest absolute Gasteiger partial charge is 0.299 e. The van der Waals surface area contributed by atoms with Crippen LogP contribution in [-0.2, 0) is 4.79 Å². The number of carbonyl (C=O) groups excluding carboxylic acids is 1. The fourth-order valence-corrected chi connectivity index (χ4v) is 0.452. The molecule has 54 valence electrons. The summed E-state index contributed by atoms with van der Waals surface area (Å²) in [5.41, 5.74) is 0. The Kier molecular flexibility index (Phi) is 7.01. The van der Waals surface area contributed by atoms with Gasteiger partial charge in [-0.15, -0.1) is 0 Å². The van der Waals surface area contributed by atoms with Crippen molar-refractivity contribution in [3.8, 4) is 0 Å². The summed E-state index contributed by atoms with van der Waals surface area (Å²) in [7, 11) is 0. The maximum atomic E-state index is 9.76. The van der Waals surface area contributed by atoms with Crippen molar-refractivity contribution >= 4 is 6.29 Å². The van der Waals surface area contributed by atoms with Crippen LogP contribution in [0.3, 0.4) is 0 Å². The monoisotopic (exact) mass is 136 g/mol. The first-order chi connectivity index (χ1) is 4.91. The molecule has 0 heterocycles. The van der Waals surface area contributed by atoms with Crippen molar-refractivity contribution in [2.75, 3.05) is 0 Å². The highest BCUT2D eigenvalue weighted by molar-refractivity contribution is 5.65. The van der Waals surface area contributed by atoms with E-state index >= 15 is 0 Å². The summed E-state index contributed by atoms with van der Waals surface area (Å²) in [5, 5.41) is 0. The Balaban J connectivity index is 3.46. The maximum Gasteiger partial charge on any atom is 0.142 e. The zero-order chi connectivity index (χ0) is 7.66. The number of rotatable bonds is 4. The predicted octanol–water partition coefficient (Wildman–Crippen LogP) is 2.26. The summed E-state index contributed by atoms with van der Waals surface area (Å²) < 4.78 is 0. The Hall–Kier alpha value is -1.11. The third-order valence-corrected chi connectivity index (χ3v) is 0.895. The number of carbonyl (C=O) groups is 1. The van der Waals surface area contributed by atoms with Gasteiger partial charge in [-0.05, 0) is 12.5 Å². The van der Waals surface area contributed by atoms with E-state index in [1.54, 1.807) is 6.08 Å². The van der Waals surface area contributed by atoms with Gasteiger partial charge in [-0.3, -0.25) is 4.79 Å². The zero-order valence-corrected chi connectivity index (χ0v) is 6.16. The molecule has 0 aromatic heterocycles. The maximum absolute atomic E-state index is 9.76. The third-order valence-electron chi connectivity index (χ3n) is 0.895. The Morgan fingerprint density at radius 2 is 1.60 bits per heavy atom. The smallest absolute Gasteiger partial charge is 0.142 e. The van der Waals surface area contributed by atoms with Crippen LogP contribution in [0.4, 0.5) is 0 Å². The molecule has 0 radical (unpaired) electrons. The van der Waals surface area contributed by atoms with Gasteiger partial charge in [-0.2, -0.15) is 0 Å². The minimum atomic E-state index is 0.758. The molecule has 0 aliphatic heterocycles. The first-order valence-corrected chi connectivity index (χ1v) is 3.35. The van der Waals surface area contributed by atoms with Gasteiger partial charge in [-0.25, -0.2) is 0 Å². The van der Waals surface area contributed by atoms with Crippen molar-refractivity contribution in [3.63, 3.8) is 0 Å². The minimum absolute atomic E-state index is 0.758. The second-order valence-electron chi connectivity index (χ2n) is 1.74. The molecule has 0 saturated heterocycles. The minimum Gasteiger partial charge on any atom is -0.299 e. The molecule has 0 unspecified atom stereocenters. The molecule has 0 aliphatic rings. The number of aldehydes is 1. The molecule has 0 spiro atoms. The van der Waals surface area contributed by atoms with Crippen molar-refractivity contribution in [2.45, 2.75) is 13.3 Å². The van der Waals surface area contributed by atoms with Crippen LogP contribution < -0.4 is 0 Å². The highest BCUT2D eigenvalue weighted by atomic mass is 16.1. The number of allylic oxidation sites excluding steroid dienone is 6. The van der Waals surface area contributed by atoms with Crippen LogP contribution in [0.1, 0.15) is 13.3 Å². The Labute approximate surface area is 61.8 Å². The number of hydrogen-bond donors (Lipinski definition) is 0. The summed E-state index contributed by atoms with van der Waals surface area (Å²) in [5.74, 6) is 0. The van der Waals surface area contributed by atoms with Gasteiger partial charge < -0.3 is 0 Å². The fraction of sp³-hybridized carbons (Fsp3) is 0.222. The molecular formula is C9H12O. The van der Waals surface area contributed by atoms with E-state index < -0.39 is 0 Å². The second-order valence-corrected chi connectivity index (χ2v) is 1.74. The standard InChI is InChI=1S/C9H12O/c1-2-3-4-5-6-7-8-9-10/h3-9H,2H2,1H3/b4-3+,6-5+,8-7?. The first-order valence-electron chi connectivity index (χ1n) is 3.35.